The van der Waals surface area contributed by atoms with Gasteiger partial charge in [-0.3, -0.25) is 0 Å². The molecule has 128 valence electrons. The molecule has 0 saturated heterocycles. The Morgan fingerprint density at radius 2 is 2.08 bits per heavy atom. The highest BCUT2D eigenvalue weighted by Crippen LogP contribution is 2.44. The van der Waals surface area contributed by atoms with Crippen molar-refractivity contribution in [1.29, 1.82) is 0 Å². The molecule has 1 aromatic heterocycles. The van der Waals surface area contributed by atoms with E-state index in [1.165, 1.54) is 18.3 Å². The molecule has 2 unspecified atom stereocenters. The van der Waals surface area contributed by atoms with Crippen molar-refractivity contribution in [3.8, 4) is 11.5 Å². The zero-order valence-corrected chi connectivity index (χ0v) is 12.7. The first-order valence-corrected chi connectivity index (χ1v) is 7.71. The van der Waals surface area contributed by atoms with Crippen molar-refractivity contribution in [2.75, 3.05) is 0 Å². The molecule has 1 N–H and O–H groups in total. The van der Waals surface area contributed by atoms with Crippen molar-refractivity contribution < 1.29 is 27.5 Å². The summed E-state index contributed by atoms with van der Waals surface area (Å²) in [5.41, 5.74) is 0.589. The Morgan fingerprint density at radius 3 is 2.79 bits per heavy atom. The summed E-state index contributed by atoms with van der Waals surface area (Å²) in [5, 5.41) is 9.01. The van der Waals surface area contributed by atoms with Gasteiger partial charge in [-0.05, 0) is 37.5 Å². The van der Waals surface area contributed by atoms with Crippen molar-refractivity contribution in [3.05, 3.63) is 41.8 Å². The number of carbonyl (C=O) groups is 1. The van der Waals surface area contributed by atoms with E-state index in [-0.39, 0.29) is 30.2 Å². The zero-order valence-electron chi connectivity index (χ0n) is 12.7. The Hall–Kier alpha value is -2.31. The maximum absolute atomic E-state index is 12.9. The third-order valence-electron chi connectivity index (χ3n) is 4.42. The highest BCUT2D eigenvalue weighted by molar-refractivity contribution is 5.88. The molecular weight excluding hydrogens is 323 g/mol. The fourth-order valence-electron chi connectivity index (χ4n) is 3.14. The maximum atomic E-state index is 12.9. The molecular formula is C17H16F3NO3. The second kappa shape index (κ2) is 6.30. The molecule has 1 heterocycles. The van der Waals surface area contributed by atoms with Gasteiger partial charge < -0.3 is 9.52 Å². The highest BCUT2D eigenvalue weighted by atomic mass is 19.4. The number of aromatic nitrogens is 1. The van der Waals surface area contributed by atoms with E-state index in [0.29, 0.717) is 24.2 Å². The van der Waals surface area contributed by atoms with Crippen molar-refractivity contribution in [2.45, 2.75) is 37.8 Å². The van der Waals surface area contributed by atoms with Gasteiger partial charge in [0.2, 0.25) is 5.89 Å². The van der Waals surface area contributed by atoms with Gasteiger partial charge in [0.1, 0.15) is 5.76 Å². The third-order valence-corrected chi connectivity index (χ3v) is 4.42. The van der Waals surface area contributed by atoms with Gasteiger partial charge in [-0.25, -0.2) is 9.78 Å². The summed E-state index contributed by atoms with van der Waals surface area (Å²) in [6, 6.07) is 6.10. The first kappa shape index (κ1) is 16.5. The van der Waals surface area contributed by atoms with E-state index in [0.717, 1.165) is 0 Å². The number of hydrogen-bond acceptors (Lipinski definition) is 3. The normalized spacial score (nSPS) is 21.6. The minimum absolute atomic E-state index is 0.00724. The van der Waals surface area contributed by atoms with E-state index in [1.54, 1.807) is 12.1 Å². The molecule has 1 aliphatic carbocycles. The number of alkyl halides is 3. The lowest BCUT2D eigenvalue weighted by atomic mass is 9.80. The van der Waals surface area contributed by atoms with Crippen LogP contribution in [0.15, 0.2) is 34.9 Å². The fraction of sp³-hybridized carbons (Fsp3) is 0.412. The average molecular weight is 339 g/mol. The summed E-state index contributed by atoms with van der Waals surface area (Å²) in [4.78, 5) is 15.1. The maximum Gasteiger partial charge on any atom is 0.391 e. The minimum Gasteiger partial charge on any atom is -0.478 e. The number of halogens is 3. The molecule has 0 radical (unpaired) electrons. The predicted molar refractivity (Wildman–Crippen MR) is 79.7 cm³/mol. The summed E-state index contributed by atoms with van der Waals surface area (Å²) in [7, 11) is 0. The van der Waals surface area contributed by atoms with Gasteiger partial charge in [-0.1, -0.05) is 12.5 Å². The second-order valence-electron chi connectivity index (χ2n) is 6.06. The summed E-state index contributed by atoms with van der Waals surface area (Å²) in [5.74, 6) is -2.03. The SMILES string of the molecule is O=C(O)c1cccc(-c2ncc(C3CCCC(C(F)(F)F)C3)o2)c1. The molecule has 3 rings (SSSR count). The summed E-state index contributed by atoms with van der Waals surface area (Å²) in [6.07, 6.45) is -1.44. The summed E-state index contributed by atoms with van der Waals surface area (Å²) >= 11 is 0. The standard InChI is InChI=1S/C17H16F3NO3/c18-17(19,20)13-6-2-3-10(8-13)14-9-21-15(24-14)11-4-1-5-12(7-11)16(22)23/h1,4-5,7,9-10,13H,2-3,6,8H2,(H,22,23). The fourth-order valence-corrected chi connectivity index (χ4v) is 3.14. The van der Waals surface area contributed by atoms with Gasteiger partial charge in [-0.2, -0.15) is 13.2 Å². The largest absolute Gasteiger partial charge is 0.478 e. The van der Waals surface area contributed by atoms with Crippen LogP contribution in [0, 0.1) is 5.92 Å². The van der Waals surface area contributed by atoms with Crippen LogP contribution in [0.2, 0.25) is 0 Å². The van der Waals surface area contributed by atoms with Crippen molar-refractivity contribution in [2.24, 2.45) is 5.92 Å². The molecule has 2 aromatic rings. The van der Waals surface area contributed by atoms with Crippen LogP contribution in [0.5, 0.6) is 0 Å². The van der Waals surface area contributed by atoms with E-state index in [4.69, 9.17) is 9.52 Å². The highest BCUT2D eigenvalue weighted by Gasteiger charge is 2.43. The Labute approximate surface area is 136 Å². The molecule has 1 fully saturated rings. The number of nitrogens with zero attached hydrogens (tertiary/aromatic N) is 1. The lowest BCUT2D eigenvalue weighted by Gasteiger charge is -2.29. The molecule has 1 aliphatic rings. The molecule has 0 spiro atoms. The molecule has 7 heteroatoms. The molecule has 1 saturated carbocycles. The van der Waals surface area contributed by atoms with Crippen LogP contribution in [-0.2, 0) is 0 Å². The lowest BCUT2D eigenvalue weighted by Crippen LogP contribution is -2.27. The average Bonchev–Trinajstić information content (AvgIpc) is 3.04. The lowest BCUT2D eigenvalue weighted by molar-refractivity contribution is -0.183. The van der Waals surface area contributed by atoms with E-state index in [1.807, 2.05) is 0 Å². The van der Waals surface area contributed by atoms with Gasteiger partial charge in [0.15, 0.2) is 0 Å². The van der Waals surface area contributed by atoms with Crippen LogP contribution in [0.3, 0.4) is 0 Å². The van der Waals surface area contributed by atoms with Crippen LogP contribution in [-0.4, -0.2) is 22.2 Å². The summed E-state index contributed by atoms with van der Waals surface area (Å²) < 4.78 is 44.4. The number of benzene rings is 1. The number of carboxylic acids is 1. The first-order chi connectivity index (χ1) is 11.3. The quantitative estimate of drug-likeness (QED) is 0.866. The smallest absolute Gasteiger partial charge is 0.391 e. The molecule has 24 heavy (non-hydrogen) atoms. The van der Waals surface area contributed by atoms with E-state index < -0.39 is 18.1 Å². The van der Waals surface area contributed by atoms with Gasteiger partial charge in [0, 0.05) is 11.5 Å². The predicted octanol–water partition coefficient (Wildman–Crippen LogP) is 4.88. The van der Waals surface area contributed by atoms with Crippen LogP contribution < -0.4 is 0 Å². The molecule has 0 aliphatic heterocycles. The van der Waals surface area contributed by atoms with Crippen LogP contribution >= 0.6 is 0 Å². The Morgan fingerprint density at radius 1 is 1.29 bits per heavy atom. The van der Waals surface area contributed by atoms with Crippen molar-refractivity contribution >= 4 is 5.97 Å². The monoisotopic (exact) mass is 339 g/mol. The van der Waals surface area contributed by atoms with E-state index in [9.17, 15) is 18.0 Å². The van der Waals surface area contributed by atoms with E-state index >= 15 is 0 Å². The van der Waals surface area contributed by atoms with Crippen molar-refractivity contribution in [3.63, 3.8) is 0 Å². The molecule has 2 atom stereocenters. The molecule has 0 bridgehead atoms. The zero-order chi connectivity index (χ0) is 17.3. The Kier molecular flexibility index (Phi) is 4.34. The van der Waals surface area contributed by atoms with Gasteiger partial charge in [0.25, 0.3) is 0 Å². The molecule has 4 nitrogen and oxygen atoms in total. The number of carboxylic acid groups (broad SMARTS) is 1. The van der Waals surface area contributed by atoms with Crippen LogP contribution in [0.1, 0.15) is 47.7 Å². The number of rotatable bonds is 3. The van der Waals surface area contributed by atoms with Crippen molar-refractivity contribution in [1.82, 2.24) is 4.98 Å². The van der Waals surface area contributed by atoms with Crippen LogP contribution in [0.25, 0.3) is 11.5 Å². The molecule has 1 aromatic carbocycles. The van der Waals surface area contributed by atoms with Gasteiger partial charge >= 0.3 is 12.1 Å². The minimum atomic E-state index is -4.18. The first-order valence-electron chi connectivity index (χ1n) is 7.71. The topological polar surface area (TPSA) is 63.3 Å². The third kappa shape index (κ3) is 3.44. The van der Waals surface area contributed by atoms with Crippen LogP contribution in [0.4, 0.5) is 13.2 Å². The number of aromatic carboxylic acids is 1. The van der Waals surface area contributed by atoms with E-state index in [2.05, 4.69) is 4.98 Å². The number of hydrogen-bond donors (Lipinski definition) is 1. The van der Waals surface area contributed by atoms with Gasteiger partial charge in [0.05, 0.1) is 17.7 Å². The Bertz CT molecular complexity index is 739. The number of oxazole rings is 1. The summed E-state index contributed by atoms with van der Waals surface area (Å²) in [6.45, 7) is 0. The van der Waals surface area contributed by atoms with Gasteiger partial charge in [-0.15, -0.1) is 0 Å². The Balaban J connectivity index is 1.80. The molecule has 0 amide bonds. The second-order valence-corrected chi connectivity index (χ2v) is 6.06.